The van der Waals surface area contributed by atoms with Gasteiger partial charge in [0.2, 0.25) is 0 Å². The van der Waals surface area contributed by atoms with Crippen molar-refractivity contribution in [2.45, 2.75) is 0 Å². The smallest absolute Gasteiger partial charge is 0.169 e. The summed E-state index contributed by atoms with van der Waals surface area (Å²) in [5, 5.41) is 7.03. The van der Waals surface area contributed by atoms with Crippen LogP contribution in [0, 0.1) is 0 Å². The first-order chi connectivity index (χ1) is 18.6. The number of aromatic nitrogens is 2. The average Bonchev–Trinajstić information content (AvgIpc) is 2.95. The van der Waals surface area contributed by atoms with E-state index in [4.69, 9.17) is 0 Å². The first-order valence-electron chi connectivity index (χ1n) is 12.8. The fourth-order valence-corrected chi connectivity index (χ4v) is 5.46. The van der Waals surface area contributed by atoms with E-state index >= 15 is 0 Å². The lowest BCUT2D eigenvalue weighted by atomic mass is 10.1. The molecule has 38 heavy (non-hydrogen) atoms. The van der Waals surface area contributed by atoms with Gasteiger partial charge in [-0.3, -0.25) is 0 Å². The molecule has 0 radical (unpaired) electrons. The maximum Gasteiger partial charge on any atom is 0.169 e. The van der Waals surface area contributed by atoms with Crippen LogP contribution in [0.1, 0.15) is 22.3 Å². The van der Waals surface area contributed by atoms with Crippen molar-refractivity contribution in [1.29, 1.82) is 0 Å². The van der Waals surface area contributed by atoms with Crippen LogP contribution in [0.25, 0.3) is 24.3 Å². The standard InChI is InChI=1S/C32H34N4S2/c1-35-21-15-29(16-22-35)5-3-27-7-11-31(12-8-27)33-19-25-37-38-26-20-34-32-13-9-28(10-14-32)4-6-30-17-23-36(2)24-18-30/h3-18,21-24H,19-20,25-26H2,1-2H3/p+2. The number of hydrogen-bond donors (Lipinski definition) is 2. The average molecular weight is 541 g/mol. The van der Waals surface area contributed by atoms with Gasteiger partial charge in [0, 0.05) is 60.2 Å². The molecule has 2 aromatic carbocycles. The monoisotopic (exact) mass is 540 g/mol. The Morgan fingerprint density at radius 1 is 0.500 bits per heavy atom. The Labute approximate surface area is 234 Å². The Morgan fingerprint density at radius 3 is 1.16 bits per heavy atom. The van der Waals surface area contributed by atoms with E-state index in [-0.39, 0.29) is 0 Å². The van der Waals surface area contributed by atoms with Gasteiger partial charge in [0.25, 0.3) is 0 Å². The molecule has 0 fully saturated rings. The highest BCUT2D eigenvalue weighted by atomic mass is 33.1. The normalized spacial score (nSPS) is 11.3. The molecular weight excluding hydrogens is 505 g/mol. The van der Waals surface area contributed by atoms with Crippen molar-refractivity contribution in [2.24, 2.45) is 14.1 Å². The number of benzene rings is 2. The van der Waals surface area contributed by atoms with Gasteiger partial charge in [-0.1, -0.05) is 70.2 Å². The molecule has 0 atom stereocenters. The summed E-state index contributed by atoms with van der Waals surface area (Å²) in [7, 11) is 7.89. The van der Waals surface area contributed by atoms with E-state index in [1.165, 1.54) is 22.3 Å². The van der Waals surface area contributed by atoms with Gasteiger partial charge >= 0.3 is 0 Å². The molecule has 194 valence electrons. The van der Waals surface area contributed by atoms with Crippen molar-refractivity contribution in [3.63, 3.8) is 0 Å². The first-order valence-corrected chi connectivity index (χ1v) is 15.3. The SMILES string of the molecule is C[n+]1ccc(C=Cc2ccc(NCCSSCCNc3ccc(C=Cc4cc[n+](C)cc4)cc3)cc2)cc1. The molecular formula is C32H36N4S2+2. The molecule has 0 aliphatic heterocycles. The van der Waals surface area contributed by atoms with E-state index in [0.29, 0.717) is 0 Å². The van der Waals surface area contributed by atoms with Crippen LogP contribution in [0.15, 0.2) is 97.6 Å². The third-order valence-electron chi connectivity index (χ3n) is 5.88. The van der Waals surface area contributed by atoms with Crippen LogP contribution in [0.5, 0.6) is 0 Å². The molecule has 0 amide bonds. The van der Waals surface area contributed by atoms with E-state index < -0.39 is 0 Å². The Morgan fingerprint density at radius 2 is 0.816 bits per heavy atom. The van der Waals surface area contributed by atoms with E-state index in [1.54, 1.807) is 0 Å². The van der Waals surface area contributed by atoms with Crippen LogP contribution in [0.2, 0.25) is 0 Å². The van der Waals surface area contributed by atoms with Crippen LogP contribution in [0.4, 0.5) is 11.4 Å². The van der Waals surface area contributed by atoms with Crippen molar-refractivity contribution in [1.82, 2.24) is 0 Å². The number of rotatable bonds is 13. The number of pyridine rings is 2. The summed E-state index contributed by atoms with van der Waals surface area (Å²) in [6.07, 6.45) is 16.8. The summed E-state index contributed by atoms with van der Waals surface area (Å²) in [4.78, 5) is 0. The largest absolute Gasteiger partial charge is 0.384 e. The van der Waals surface area contributed by atoms with Crippen LogP contribution < -0.4 is 19.8 Å². The Balaban J connectivity index is 1.06. The molecule has 0 spiro atoms. The molecule has 0 aliphatic carbocycles. The summed E-state index contributed by atoms with van der Waals surface area (Å²) >= 11 is 0. The van der Waals surface area contributed by atoms with Gasteiger partial charge in [-0.05, 0) is 46.5 Å². The molecule has 0 saturated carbocycles. The molecule has 0 aliphatic rings. The predicted octanol–water partition coefficient (Wildman–Crippen LogP) is 6.58. The zero-order valence-corrected chi connectivity index (χ0v) is 23.7. The molecule has 0 bridgehead atoms. The van der Waals surface area contributed by atoms with Crippen molar-refractivity contribution >= 4 is 57.3 Å². The molecule has 2 heterocycles. The molecule has 4 aromatic rings. The van der Waals surface area contributed by atoms with E-state index in [0.717, 1.165) is 36.0 Å². The van der Waals surface area contributed by atoms with E-state index in [2.05, 4.69) is 133 Å². The Bertz CT molecular complexity index is 1190. The van der Waals surface area contributed by atoms with Crippen LogP contribution in [-0.4, -0.2) is 24.6 Å². The number of nitrogens with one attached hydrogen (secondary N) is 2. The van der Waals surface area contributed by atoms with Crippen LogP contribution in [-0.2, 0) is 14.1 Å². The fourth-order valence-electron chi connectivity index (χ4n) is 3.65. The zero-order valence-electron chi connectivity index (χ0n) is 22.1. The number of hydrogen-bond acceptors (Lipinski definition) is 4. The lowest BCUT2D eigenvalue weighted by Crippen LogP contribution is -2.25. The Hall–Kier alpha value is -3.48. The van der Waals surface area contributed by atoms with E-state index in [9.17, 15) is 0 Å². The molecule has 2 aromatic heterocycles. The minimum absolute atomic E-state index is 0.956. The van der Waals surface area contributed by atoms with Gasteiger partial charge < -0.3 is 10.6 Å². The lowest BCUT2D eigenvalue weighted by Gasteiger charge is -2.08. The summed E-state index contributed by atoms with van der Waals surface area (Å²) in [5.41, 5.74) is 7.14. The molecule has 0 unspecified atom stereocenters. The molecule has 4 rings (SSSR count). The van der Waals surface area contributed by atoms with Crippen molar-refractivity contribution in [3.05, 3.63) is 120 Å². The van der Waals surface area contributed by atoms with Crippen molar-refractivity contribution in [3.8, 4) is 0 Å². The highest BCUT2D eigenvalue weighted by Gasteiger charge is 1.97. The molecule has 0 saturated heterocycles. The third-order valence-corrected chi connectivity index (χ3v) is 8.29. The van der Waals surface area contributed by atoms with Gasteiger partial charge in [-0.2, -0.15) is 0 Å². The van der Waals surface area contributed by atoms with Gasteiger partial charge in [-0.25, -0.2) is 9.13 Å². The second kappa shape index (κ2) is 15.1. The van der Waals surface area contributed by atoms with E-state index in [1.807, 2.05) is 44.8 Å². The van der Waals surface area contributed by atoms with Crippen molar-refractivity contribution in [2.75, 3.05) is 35.2 Å². The van der Waals surface area contributed by atoms with Gasteiger partial charge in [0.1, 0.15) is 14.1 Å². The zero-order chi connectivity index (χ0) is 26.4. The maximum atomic E-state index is 3.51. The van der Waals surface area contributed by atoms with Gasteiger partial charge in [0.15, 0.2) is 24.8 Å². The molecule has 6 heteroatoms. The minimum atomic E-state index is 0.956. The third kappa shape index (κ3) is 9.77. The summed E-state index contributed by atoms with van der Waals surface area (Å²) in [6.45, 7) is 1.91. The molecule has 4 nitrogen and oxygen atoms in total. The number of nitrogens with zero attached hydrogens (tertiary/aromatic N) is 2. The summed E-state index contributed by atoms with van der Waals surface area (Å²) in [5.74, 6) is 2.14. The number of aryl methyl sites for hydroxylation is 2. The fraction of sp³-hybridized carbons (Fsp3) is 0.188. The van der Waals surface area contributed by atoms with Gasteiger partial charge in [0.05, 0.1) is 0 Å². The first kappa shape index (κ1) is 27.6. The van der Waals surface area contributed by atoms with Gasteiger partial charge in [-0.15, -0.1) is 0 Å². The van der Waals surface area contributed by atoms with Crippen molar-refractivity contribution < 1.29 is 9.13 Å². The summed E-state index contributed by atoms with van der Waals surface area (Å²) in [6, 6.07) is 25.7. The lowest BCUT2D eigenvalue weighted by molar-refractivity contribution is -0.671. The molecule has 2 N–H and O–H groups in total. The van der Waals surface area contributed by atoms with Crippen LogP contribution >= 0.6 is 21.6 Å². The second-order valence-electron chi connectivity index (χ2n) is 9.00. The second-order valence-corrected chi connectivity index (χ2v) is 11.7. The summed E-state index contributed by atoms with van der Waals surface area (Å²) < 4.78 is 4.08. The highest BCUT2D eigenvalue weighted by Crippen LogP contribution is 2.21. The predicted molar refractivity (Wildman–Crippen MR) is 168 cm³/mol. The highest BCUT2D eigenvalue weighted by molar-refractivity contribution is 8.76. The van der Waals surface area contributed by atoms with Crippen LogP contribution in [0.3, 0.4) is 0 Å². The quantitative estimate of drug-likeness (QED) is 0.114. The minimum Gasteiger partial charge on any atom is -0.384 e. The maximum absolute atomic E-state index is 3.51. The topological polar surface area (TPSA) is 31.8 Å². The Kier molecular flexibility index (Phi) is 10.9. The number of anilines is 2.